The molecule has 3 aromatic heterocycles. The summed E-state index contributed by atoms with van der Waals surface area (Å²) < 4.78 is 41.6. The molecule has 1 unspecified atom stereocenters. The third-order valence-electron chi connectivity index (χ3n) is 8.04. The van der Waals surface area contributed by atoms with Gasteiger partial charge in [0.25, 0.3) is 0 Å². The molecule has 1 atom stereocenters. The minimum atomic E-state index is -3.43. The number of nitrogens with zero attached hydrogens (tertiary/aromatic N) is 7. The molecule has 1 aliphatic heterocycles. The Bertz CT molecular complexity index is 1840. The number of aromatic nitrogens is 3. The zero-order valence-electron chi connectivity index (χ0n) is 24.2. The topological polar surface area (TPSA) is 127 Å². The number of sulfonamides is 1. The number of piperazine rings is 1. The van der Waals surface area contributed by atoms with Gasteiger partial charge in [0, 0.05) is 66.3 Å². The highest BCUT2D eigenvalue weighted by atomic mass is 32.2. The van der Waals surface area contributed by atoms with Crippen LogP contribution in [0.25, 0.3) is 22.2 Å². The summed E-state index contributed by atoms with van der Waals surface area (Å²) in [5.74, 6) is -0.221. The van der Waals surface area contributed by atoms with Crippen molar-refractivity contribution in [3.8, 4) is 17.3 Å². The maximum atomic E-state index is 15.9. The minimum absolute atomic E-state index is 0.106. The SMILES string of the molecule is CCN(c1nc(-c2ccc(C)nc2)c(C#N)s1)c1cc(C2CC2)nc2c(F)cc(N3CCN(S(C)(=O)=O)CC3CO)cc12. The van der Waals surface area contributed by atoms with Gasteiger partial charge >= 0.3 is 0 Å². The lowest BCUT2D eigenvalue weighted by molar-refractivity contribution is 0.218. The maximum absolute atomic E-state index is 15.9. The zero-order valence-corrected chi connectivity index (χ0v) is 25.8. The van der Waals surface area contributed by atoms with E-state index in [9.17, 15) is 18.8 Å². The summed E-state index contributed by atoms with van der Waals surface area (Å²) in [5, 5.41) is 21.3. The number of halogens is 1. The first-order valence-corrected chi connectivity index (χ1v) is 16.9. The molecule has 0 bridgehead atoms. The number of hydrogen-bond donors (Lipinski definition) is 1. The van der Waals surface area contributed by atoms with Gasteiger partial charge < -0.3 is 14.9 Å². The highest BCUT2D eigenvalue weighted by molar-refractivity contribution is 7.88. The number of hydrogen-bond acceptors (Lipinski definition) is 10. The fraction of sp³-hybridized carbons (Fsp3) is 0.400. The Morgan fingerprint density at radius 1 is 1.21 bits per heavy atom. The molecule has 6 rings (SSSR count). The van der Waals surface area contributed by atoms with Crippen LogP contribution in [-0.2, 0) is 10.0 Å². The van der Waals surface area contributed by atoms with Crippen molar-refractivity contribution in [3.05, 3.63) is 58.6 Å². The van der Waals surface area contributed by atoms with Crippen molar-refractivity contribution in [2.75, 3.05) is 48.8 Å². The number of aliphatic hydroxyl groups is 1. The van der Waals surface area contributed by atoms with E-state index in [1.807, 2.05) is 47.9 Å². The molecule has 0 spiro atoms. The van der Waals surface area contributed by atoms with Gasteiger partial charge in [-0.1, -0.05) is 11.3 Å². The number of anilines is 3. The molecule has 43 heavy (non-hydrogen) atoms. The fourth-order valence-corrected chi connectivity index (χ4v) is 7.41. The van der Waals surface area contributed by atoms with Crippen LogP contribution in [0.5, 0.6) is 0 Å². The molecule has 13 heteroatoms. The van der Waals surface area contributed by atoms with Crippen molar-refractivity contribution in [2.45, 2.75) is 38.6 Å². The predicted molar refractivity (Wildman–Crippen MR) is 166 cm³/mol. The monoisotopic (exact) mass is 621 g/mol. The van der Waals surface area contributed by atoms with Crippen LogP contribution >= 0.6 is 11.3 Å². The third kappa shape index (κ3) is 5.68. The summed E-state index contributed by atoms with van der Waals surface area (Å²) in [6, 6.07) is 10.8. The number of pyridine rings is 2. The Hall–Kier alpha value is -3.70. The second-order valence-electron chi connectivity index (χ2n) is 11.0. The number of rotatable bonds is 8. The van der Waals surface area contributed by atoms with Gasteiger partial charge in [-0.2, -0.15) is 9.57 Å². The molecule has 2 aliphatic rings. The molecule has 2 fully saturated rings. The van der Waals surface area contributed by atoms with Gasteiger partial charge in [0.15, 0.2) is 10.9 Å². The summed E-state index contributed by atoms with van der Waals surface area (Å²) in [4.78, 5) is 18.3. The van der Waals surface area contributed by atoms with E-state index >= 15 is 4.39 Å². The lowest BCUT2D eigenvalue weighted by Crippen LogP contribution is -2.56. The van der Waals surface area contributed by atoms with E-state index in [2.05, 4.69) is 11.1 Å². The fourth-order valence-electron chi connectivity index (χ4n) is 5.59. The van der Waals surface area contributed by atoms with Gasteiger partial charge in [0.05, 0.1) is 24.6 Å². The van der Waals surface area contributed by atoms with Gasteiger partial charge in [0.2, 0.25) is 10.0 Å². The number of aliphatic hydroxyl groups excluding tert-OH is 1. The van der Waals surface area contributed by atoms with Crippen LogP contribution in [0.1, 0.15) is 41.9 Å². The average Bonchev–Trinajstić information content (AvgIpc) is 3.76. The largest absolute Gasteiger partial charge is 0.394 e. The van der Waals surface area contributed by atoms with Crippen LogP contribution < -0.4 is 9.80 Å². The van der Waals surface area contributed by atoms with Gasteiger partial charge in [-0.25, -0.2) is 22.8 Å². The first kappa shape index (κ1) is 29.4. The molecule has 4 aromatic rings. The molecule has 1 N–H and O–H groups in total. The first-order chi connectivity index (χ1) is 20.6. The maximum Gasteiger partial charge on any atom is 0.211 e. The molecule has 4 heterocycles. The van der Waals surface area contributed by atoms with Crippen molar-refractivity contribution in [1.29, 1.82) is 5.26 Å². The van der Waals surface area contributed by atoms with Crippen LogP contribution in [0.2, 0.25) is 0 Å². The Labute approximate surface area is 254 Å². The van der Waals surface area contributed by atoms with Crippen LogP contribution in [0, 0.1) is 24.1 Å². The zero-order chi connectivity index (χ0) is 30.5. The number of nitriles is 1. The number of aryl methyl sites for hydroxylation is 1. The summed E-state index contributed by atoms with van der Waals surface area (Å²) in [6.07, 6.45) is 4.85. The Kier molecular flexibility index (Phi) is 7.80. The quantitative estimate of drug-likeness (QED) is 0.302. The van der Waals surface area contributed by atoms with Crippen LogP contribution in [0.4, 0.5) is 20.9 Å². The van der Waals surface area contributed by atoms with Crippen LogP contribution in [-0.4, -0.2) is 77.9 Å². The van der Waals surface area contributed by atoms with Gasteiger partial charge in [-0.3, -0.25) is 4.98 Å². The van der Waals surface area contributed by atoms with E-state index in [1.165, 1.54) is 21.7 Å². The van der Waals surface area contributed by atoms with Crippen LogP contribution in [0.15, 0.2) is 36.5 Å². The molecule has 1 saturated carbocycles. The Morgan fingerprint density at radius 3 is 2.63 bits per heavy atom. The molecule has 0 radical (unpaired) electrons. The van der Waals surface area contributed by atoms with Crippen LogP contribution in [0.3, 0.4) is 0 Å². The van der Waals surface area contributed by atoms with Gasteiger partial charge in [0.1, 0.15) is 22.2 Å². The summed E-state index contributed by atoms with van der Waals surface area (Å²) >= 11 is 1.27. The first-order valence-electron chi connectivity index (χ1n) is 14.2. The standard InChI is InChI=1S/C30H32FN7O3S2/c1-4-37(30-35-28(27(14-32)42-30)20-6-5-18(2)33-15-20)26-13-25(19-7-8-19)34-29-23(26)11-21(12-24(29)31)38-10-9-36(43(3,40)41)16-22(38)17-39/h5-6,11-13,15,19,22,39H,4,7-10,16-17H2,1-3H3. The third-order valence-corrected chi connectivity index (χ3v) is 10.3. The predicted octanol–water partition coefficient (Wildman–Crippen LogP) is 4.55. The molecule has 1 aliphatic carbocycles. The van der Waals surface area contributed by atoms with E-state index in [4.69, 9.17) is 9.97 Å². The lowest BCUT2D eigenvalue weighted by Gasteiger charge is -2.41. The van der Waals surface area contributed by atoms with E-state index in [-0.39, 0.29) is 31.1 Å². The highest BCUT2D eigenvalue weighted by Crippen LogP contribution is 2.45. The van der Waals surface area contributed by atoms with E-state index < -0.39 is 21.9 Å². The van der Waals surface area contributed by atoms with E-state index in [1.54, 1.807) is 6.20 Å². The normalized spacial score (nSPS) is 17.8. The van der Waals surface area contributed by atoms with E-state index in [0.717, 1.165) is 41.7 Å². The van der Waals surface area contributed by atoms with Gasteiger partial charge in [-0.05, 0) is 57.0 Å². The molecule has 0 amide bonds. The molecule has 224 valence electrons. The number of benzene rings is 1. The average molecular weight is 622 g/mol. The summed E-state index contributed by atoms with van der Waals surface area (Å²) in [7, 11) is -3.43. The number of thiazole rings is 1. The van der Waals surface area contributed by atoms with Crippen molar-refractivity contribution in [1.82, 2.24) is 19.3 Å². The summed E-state index contributed by atoms with van der Waals surface area (Å²) in [5.41, 5.74) is 4.50. The highest BCUT2D eigenvalue weighted by Gasteiger charge is 2.33. The smallest absolute Gasteiger partial charge is 0.211 e. The molecule has 1 aromatic carbocycles. The molecule has 10 nitrogen and oxygen atoms in total. The Morgan fingerprint density at radius 2 is 2.00 bits per heavy atom. The Balaban J connectivity index is 1.47. The van der Waals surface area contributed by atoms with E-state index in [0.29, 0.717) is 39.9 Å². The summed E-state index contributed by atoms with van der Waals surface area (Å²) in [6.45, 7) is 4.74. The number of fused-ring (bicyclic) bond motifs is 1. The second kappa shape index (κ2) is 11.4. The molecular formula is C30H32FN7O3S2. The second-order valence-corrected chi connectivity index (χ2v) is 14.0. The van der Waals surface area contributed by atoms with Crippen molar-refractivity contribution >= 4 is 48.8 Å². The molecule has 1 saturated heterocycles. The van der Waals surface area contributed by atoms with Gasteiger partial charge in [-0.15, -0.1) is 0 Å². The van der Waals surface area contributed by atoms with Crippen molar-refractivity contribution in [3.63, 3.8) is 0 Å². The van der Waals surface area contributed by atoms with Crippen molar-refractivity contribution < 1.29 is 17.9 Å². The molecular weight excluding hydrogens is 590 g/mol. The minimum Gasteiger partial charge on any atom is -0.394 e. The lowest BCUT2D eigenvalue weighted by atomic mass is 10.1. The van der Waals surface area contributed by atoms with Crippen molar-refractivity contribution in [2.24, 2.45) is 0 Å².